The minimum absolute atomic E-state index is 0.0349. The van der Waals surface area contributed by atoms with Gasteiger partial charge in [0.2, 0.25) is 0 Å². The number of aryl methyl sites for hydroxylation is 1. The Labute approximate surface area is 173 Å². The zero-order valence-electron chi connectivity index (χ0n) is 16.3. The standard InChI is InChI=1S/C23H22N4OS/c1-15-7-6-8-16(13-15)27-22(18-14-24-19-10-3-2-9-17(18)19)25-26-23(27)29-21-12-5-4-11-20(21)28/h2-3,6-10,13-14,21,24H,4-5,11-12H2,1H3/t21-/m1/s1. The van der Waals surface area contributed by atoms with Gasteiger partial charge in [-0.1, -0.05) is 48.5 Å². The second-order valence-electron chi connectivity index (χ2n) is 7.55. The second-order valence-corrected chi connectivity index (χ2v) is 8.72. The number of hydrogen-bond donors (Lipinski definition) is 1. The van der Waals surface area contributed by atoms with E-state index >= 15 is 0 Å². The first-order chi connectivity index (χ1) is 14.2. The fraction of sp³-hybridized carbons (Fsp3) is 0.261. The minimum atomic E-state index is -0.0349. The molecule has 0 aliphatic heterocycles. The van der Waals surface area contributed by atoms with E-state index in [0.717, 1.165) is 52.4 Å². The number of Topliss-reactive ketones (excluding diaryl/α,β-unsaturated/α-hetero) is 1. The van der Waals surface area contributed by atoms with Crippen molar-refractivity contribution >= 4 is 28.4 Å². The first-order valence-electron chi connectivity index (χ1n) is 9.99. The number of nitrogens with zero attached hydrogens (tertiary/aromatic N) is 3. The van der Waals surface area contributed by atoms with Crippen molar-refractivity contribution in [2.24, 2.45) is 0 Å². The van der Waals surface area contributed by atoms with E-state index in [1.165, 1.54) is 5.56 Å². The average Bonchev–Trinajstić information content (AvgIpc) is 3.33. The van der Waals surface area contributed by atoms with Crippen LogP contribution >= 0.6 is 11.8 Å². The number of fused-ring (bicyclic) bond motifs is 1. The van der Waals surface area contributed by atoms with Crippen molar-refractivity contribution in [2.45, 2.75) is 43.0 Å². The van der Waals surface area contributed by atoms with Crippen LogP contribution in [0.25, 0.3) is 28.0 Å². The van der Waals surface area contributed by atoms with Gasteiger partial charge in [0.25, 0.3) is 0 Å². The third-order valence-electron chi connectivity index (χ3n) is 5.47. The Balaban J connectivity index is 1.65. The molecule has 6 heteroatoms. The summed E-state index contributed by atoms with van der Waals surface area (Å²) in [7, 11) is 0. The maximum Gasteiger partial charge on any atom is 0.196 e. The summed E-state index contributed by atoms with van der Waals surface area (Å²) in [5, 5.41) is 10.9. The summed E-state index contributed by atoms with van der Waals surface area (Å²) in [5.41, 5.74) is 4.26. The molecule has 1 saturated carbocycles. The highest BCUT2D eigenvalue weighted by molar-refractivity contribution is 8.00. The Morgan fingerprint density at radius 3 is 2.86 bits per heavy atom. The van der Waals surface area contributed by atoms with Gasteiger partial charge in [-0.2, -0.15) is 0 Å². The van der Waals surface area contributed by atoms with Gasteiger partial charge >= 0.3 is 0 Å². The molecular formula is C23H22N4OS. The minimum Gasteiger partial charge on any atom is -0.360 e. The first-order valence-corrected chi connectivity index (χ1v) is 10.9. The van der Waals surface area contributed by atoms with Gasteiger partial charge in [-0.25, -0.2) is 0 Å². The van der Waals surface area contributed by atoms with Crippen LogP contribution in [-0.4, -0.2) is 30.8 Å². The highest BCUT2D eigenvalue weighted by atomic mass is 32.2. The van der Waals surface area contributed by atoms with Crippen LogP contribution in [0.4, 0.5) is 0 Å². The highest BCUT2D eigenvalue weighted by Crippen LogP contribution is 2.36. The molecule has 29 heavy (non-hydrogen) atoms. The molecule has 4 aromatic rings. The molecular weight excluding hydrogens is 380 g/mol. The Morgan fingerprint density at radius 2 is 2.00 bits per heavy atom. The molecule has 0 bridgehead atoms. The summed E-state index contributed by atoms with van der Waals surface area (Å²) < 4.78 is 2.09. The fourth-order valence-corrected chi connectivity index (χ4v) is 5.15. The van der Waals surface area contributed by atoms with Crippen molar-refractivity contribution in [3.05, 3.63) is 60.3 Å². The maximum absolute atomic E-state index is 12.4. The van der Waals surface area contributed by atoms with Crippen molar-refractivity contribution in [3.63, 3.8) is 0 Å². The van der Waals surface area contributed by atoms with E-state index in [0.29, 0.717) is 12.2 Å². The lowest BCUT2D eigenvalue weighted by Gasteiger charge is -2.20. The van der Waals surface area contributed by atoms with Gasteiger partial charge in [-0.3, -0.25) is 9.36 Å². The molecule has 146 valence electrons. The van der Waals surface area contributed by atoms with Crippen LogP contribution in [0.1, 0.15) is 31.2 Å². The van der Waals surface area contributed by atoms with E-state index in [1.807, 2.05) is 24.4 Å². The number of rotatable bonds is 4. The Morgan fingerprint density at radius 1 is 1.10 bits per heavy atom. The highest BCUT2D eigenvalue weighted by Gasteiger charge is 2.27. The topological polar surface area (TPSA) is 63.6 Å². The van der Waals surface area contributed by atoms with Gasteiger partial charge in [0.05, 0.1) is 5.25 Å². The van der Waals surface area contributed by atoms with Gasteiger partial charge in [0.15, 0.2) is 11.0 Å². The number of H-pyrrole nitrogens is 1. The number of ketones is 1. The van der Waals surface area contributed by atoms with Crippen molar-refractivity contribution in [3.8, 4) is 17.1 Å². The van der Waals surface area contributed by atoms with E-state index in [-0.39, 0.29) is 5.25 Å². The predicted octanol–water partition coefficient (Wildman–Crippen LogP) is 5.33. The molecule has 5 rings (SSSR count). The number of benzene rings is 2. The lowest BCUT2D eigenvalue weighted by molar-refractivity contribution is -0.119. The van der Waals surface area contributed by atoms with Gasteiger partial charge in [-0.05, 0) is 43.5 Å². The smallest absolute Gasteiger partial charge is 0.196 e. The summed E-state index contributed by atoms with van der Waals surface area (Å²) in [6.45, 7) is 2.08. The van der Waals surface area contributed by atoms with E-state index in [1.54, 1.807) is 11.8 Å². The number of aromatic amines is 1. The number of carbonyl (C=O) groups is 1. The van der Waals surface area contributed by atoms with Crippen LogP contribution in [-0.2, 0) is 4.79 Å². The lowest BCUT2D eigenvalue weighted by atomic mass is 9.99. The molecule has 2 aromatic heterocycles. The third kappa shape index (κ3) is 3.38. The van der Waals surface area contributed by atoms with Crippen molar-refractivity contribution < 1.29 is 4.79 Å². The maximum atomic E-state index is 12.4. The predicted molar refractivity (Wildman–Crippen MR) is 117 cm³/mol. The molecule has 0 amide bonds. The van der Waals surface area contributed by atoms with Crippen LogP contribution < -0.4 is 0 Å². The lowest BCUT2D eigenvalue weighted by Crippen LogP contribution is -2.21. The molecule has 5 nitrogen and oxygen atoms in total. The Bertz CT molecular complexity index is 1190. The van der Waals surface area contributed by atoms with E-state index in [2.05, 4.69) is 57.0 Å². The molecule has 0 unspecified atom stereocenters. The quantitative estimate of drug-likeness (QED) is 0.501. The number of carbonyl (C=O) groups excluding carboxylic acids is 1. The number of para-hydroxylation sites is 1. The van der Waals surface area contributed by atoms with Gasteiger partial charge < -0.3 is 4.98 Å². The Kier molecular flexibility index (Phi) is 4.72. The molecule has 0 saturated heterocycles. The summed E-state index contributed by atoms with van der Waals surface area (Å²) >= 11 is 1.55. The second kappa shape index (κ2) is 7.52. The van der Waals surface area contributed by atoms with Crippen molar-refractivity contribution in [1.82, 2.24) is 19.7 Å². The van der Waals surface area contributed by atoms with Gasteiger partial charge in [0.1, 0.15) is 5.78 Å². The SMILES string of the molecule is Cc1cccc(-n2c(S[C@@H]3CCCCC3=O)nnc2-c2c[nH]c3ccccc23)c1. The Hall–Kier alpha value is -2.86. The van der Waals surface area contributed by atoms with E-state index in [4.69, 9.17) is 0 Å². The van der Waals surface area contributed by atoms with E-state index in [9.17, 15) is 4.79 Å². The molecule has 1 aliphatic rings. The molecule has 1 N–H and O–H groups in total. The molecule has 0 spiro atoms. The third-order valence-corrected chi connectivity index (χ3v) is 6.73. The summed E-state index contributed by atoms with van der Waals surface area (Å²) in [6, 6.07) is 16.5. The molecule has 1 atom stereocenters. The van der Waals surface area contributed by atoms with Crippen molar-refractivity contribution in [1.29, 1.82) is 0 Å². The number of thioether (sulfide) groups is 1. The fourth-order valence-electron chi connectivity index (χ4n) is 3.98. The average molecular weight is 403 g/mol. The summed E-state index contributed by atoms with van der Waals surface area (Å²) in [6.07, 6.45) is 5.66. The van der Waals surface area contributed by atoms with Crippen LogP contribution in [0, 0.1) is 6.92 Å². The zero-order valence-corrected chi connectivity index (χ0v) is 17.1. The van der Waals surface area contributed by atoms with Gasteiger partial charge in [-0.15, -0.1) is 10.2 Å². The molecule has 2 heterocycles. The zero-order chi connectivity index (χ0) is 19.8. The molecule has 1 fully saturated rings. The summed E-state index contributed by atoms with van der Waals surface area (Å²) in [5.74, 6) is 1.12. The van der Waals surface area contributed by atoms with Crippen molar-refractivity contribution in [2.75, 3.05) is 0 Å². The number of hydrogen-bond acceptors (Lipinski definition) is 4. The molecule has 2 aromatic carbocycles. The monoisotopic (exact) mass is 402 g/mol. The van der Waals surface area contributed by atoms with Crippen LogP contribution in [0.5, 0.6) is 0 Å². The largest absolute Gasteiger partial charge is 0.360 e. The normalized spacial score (nSPS) is 17.1. The first kappa shape index (κ1) is 18.2. The van der Waals surface area contributed by atoms with E-state index < -0.39 is 0 Å². The van der Waals surface area contributed by atoms with Crippen LogP contribution in [0.15, 0.2) is 59.9 Å². The summed E-state index contributed by atoms with van der Waals surface area (Å²) in [4.78, 5) is 15.8. The van der Waals surface area contributed by atoms with Crippen LogP contribution in [0.3, 0.4) is 0 Å². The number of nitrogens with one attached hydrogen (secondary N) is 1. The number of aromatic nitrogens is 4. The van der Waals surface area contributed by atoms with Gasteiger partial charge in [0, 0.05) is 34.8 Å². The van der Waals surface area contributed by atoms with Crippen LogP contribution in [0.2, 0.25) is 0 Å². The molecule has 0 radical (unpaired) electrons. The molecule has 1 aliphatic carbocycles.